The highest BCUT2D eigenvalue weighted by Gasteiger charge is 2.25. The predicted octanol–water partition coefficient (Wildman–Crippen LogP) is 3.05. The van der Waals surface area contributed by atoms with Gasteiger partial charge in [-0.3, -0.25) is 4.79 Å². The third-order valence-corrected chi connectivity index (χ3v) is 4.19. The monoisotopic (exact) mass is 274 g/mol. The Labute approximate surface area is 120 Å². The lowest BCUT2D eigenvalue weighted by molar-refractivity contribution is 0.347. The van der Waals surface area contributed by atoms with Crippen molar-refractivity contribution >= 4 is 0 Å². The van der Waals surface area contributed by atoms with Crippen LogP contribution >= 0.6 is 0 Å². The standard InChI is InChI=1S/C17H22O3/c1-10(2)12-6-7-13-14(9-12)11(3)8-15(18)17(20-5)16(13)19-4/h8,12H,1,6-7,9H2,2-5H3/t12-/m1/s1. The molecule has 0 amide bonds. The zero-order valence-electron chi connectivity index (χ0n) is 12.7. The molecule has 0 radical (unpaired) electrons. The third kappa shape index (κ3) is 2.45. The fourth-order valence-electron chi connectivity index (χ4n) is 3.02. The van der Waals surface area contributed by atoms with Crippen LogP contribution in [0.5, 0.6) is 11.5 Å². The molecule has 3 nitrogen and oxygen atoms in total. The Kier molecular flexibility index (Phi) is 4.17. The first-order valence-electron chi connectivity index (χ1n) is 6.92. The molecule has 1 aromatic rings. The Hall–Kier alpha value is -1.77. The van der Waals surface area contributed by atoms with Gasteiger partial charge >= 0.3 is 0 Å². The van der Waals surface area contributed by atoms with Crippen molar-refractivity contribution in [2.75, 3.05) is 14.2 Å². The number of hydrogen-bond acceptors (Lipinski definition) is 3. The summed E-state index contributed by atoms with van der Waals surface area (Å²) >= 11 is 0. The first-order chi connectivity index (χ1) is 9.49. The molecule has 0 saturated heterocycles. The quantitative estimate of drug-likeness (QED) is 0.795. The second kappa shape index (κ2) is 5.70. The van der Waals surface area contributed by atoms with E-state index in [2.05, 4.69) is 13.5 Å². The van der Waals surface area contributed by atoms with Crippen molar-refractivity contribution in [3.05, 3.63) is 45.1 Å². The van der Waals surface area contributed by atoms with Crippen molar-refractivity contribution in [3.8, 4) is 11.5 Å². The Balaban J connectivity index is 2.71. The summed E-state index contributed by atoms with van der Waals surface area (Å²) in [5.74, 6) is 1.39. The van der Waals surface area contributed by atoms with Gasteiger partial charge in [-0.25, -0.2) is 0 Å². The van der Waals surface area contributed by atoms with Crippen molar-refractivity contribution in [1.82, 2.24) is 0 Å². The summed E-state index contributed by atoms with van der Waals surface area (Å²) in [5, 5.41) is 0. The molecule has 1 atom stereocenters. The SMILES string of the molecule is C=C(C)[C@@H]1CCc2c(c(C)cc(=O)c(OC)c2OC)C1. The Morgan fingerprint density at radius 1 is 1.25 bits per heavy atom. The van der Waals surface area contributed by atoms with E-state index in [0.29, 0.717) is 17.4 Å². The molecule has 0 saturated carbocycles. The van der Waals surface area contributed by atoms with Crippen LogP contribution in [0.25, 0.3) is 0 Å². The lowest BCUT2D eigenvalue weighted by Gasteiger charge is -2.26. The minimum atomic E-state index is -0.122. The largest absolute Gasteiger partial charge is 0.492 e. The maximum Gasteiger partial charge on any atom is 0.224 e. The number of aryl methyl sites for hydroxylation is 1. The smallest absolute Gasteiger partial charge is 0.224 e. The van der Waals surface area contributed by atoms with Crippen LogP contribution in [-0.4, -0.2) is 14.2 Å². The van der Waals surface area contributed by atoms with Gasteiger partial charge in [-0.15, -0.1) is 0 Å². The van der Waals surface area contributed by atoms with Crippen LogP contribution in [0.1, 0.15) is 30.0 Å². The van der Waals surface area contributed by atoms with Crippen LogP contribution in [0.2, 0.25) is 0 Å². The molecule has 1 aliphatic rings. The van der Waals surface area contributed by atoms with Gasteiger partial charge in [0.1, 0.15) is 0 Å². The lowest BCUT2D eigenvalue weighted by Crippen LogP contribution is -2.16. The Bertz CT molecular complexity index is 602. The highest BCUT2D eigenvalue weighted by Crippen LogP contribution is 2.38. The summed E-state index contributed by atoms with van der Waals surface area (Å²) in [6.07, 6.45) is 2.85. The molecule has 1 aromatic carbocycles. The molecule has 0 unspecified atom stereocenters. The van der Waals surface area contributed by atoms with Gasteiger partial charge < -0.3 is 9.47 Å². The maximum atomic E-state index is 12.2. The number of ether oxygens (including phenoxy) is 2. The number of allylic oxidation sites excluding steroid dienone is 1. The van der Waals surface area contributed by atoms with E-state index < -0.39 is 0 Å². The van der Waals surface area contributed by atoms with E-state index in [9.17, 15) is 4.79 Å². The summed E-state index contributed by atoms with van der Waals surface area (Å²) in [7, 11) is 3.11. The van der Waals surface area contributed by atoms with Crippen molar-refractivity contribution in [2.24, 2.45) is 5.92 Å². The van der Waals surface area contributed by atoms with E-state index in [4.69, 9.17) is 9.47 Å². The maximum absolute atomic E-state index is 12.2. The van der Waals surface area contributed by atoms with Gasteiger partial charge in [0.2, 0.25) is 11.2 Å². The second-order valence-electron chi connectivity index (χ2n) is 5.50. The molecule has 0 bridgehead atoms. The summed E-state index contributed by atoms with van der Waals surface area (Å²) in [6, 6.07) is 1.65. The van der Waals surface area contributed by atoms with Gasteiger partial charge in [0.25, 0.3) is 0 Å². The fraction of sp³-hybridized carbons (Fsp3) is 0.471. The first-order valence-corrected chi connectivity index (χ1v) is 6.92. The molecule has 0 aromatic heterocycles. The zero-order valence-corrected chi connectivity index (χ0v) is 12.7. The number of rotatable bonds is 3. The van der Waals surface area contributed by atoms with Crippen molar-refractivity contribution in [3.63, 3.8) is 0 Å². The number of fused-ring (bicyclic) bond motifs is 1. The van der Waals surface area contributed by atoms with Gasteiger partial charge in [-0.2, -0.15) is 0 Å². The molecule has 20 heavy (non-hydrogen) atoms. The topological polar surface area (TPSA) is 35.5 Å². The summed E-state index contributed by atoms with van der Waals surface area (Å²) in [5.41, 5.74) is 4.42. The zero-order chi connectivity index (χ0) is 14.9. The third-order valence-electron chi connectivity index (χ3n) is 4.19. The predicted molar refractivity (Wildman–Crippen MR) is 80.9 cm³/mol. The van der Waals surface area contributed by atoms with E-state index >= 15 is 0 Å². The number of hydrogen-bond donors (Lipinski definition) is 0. The Morgan fingerprint density at radius 2 is 1.90 bits per heavy atom. The minimum Gasteiger partial charge on any atom is -0.492 e. The molecule has 3 heteroatoms. The minimum absolute atomic E-state index is 0.122. The van der Waals surface area contributed by atoms with Crippen molar-refractivity contribution < 1.29 is 9.47 Å². The highest BCUT2D eigenvalue weighted by molar-refractivity contribution is 5.52. The molecule has 108 valence electrons. The van der Waals surface area contributed by atoms with Crippen LogP contribution in [0.3, 0.4) is 0 Å². The van der Waals surface area contributed by atoms with Gasteiger partial charge in [-0.1, -0.05) is 12.2 Å². The van der Waals surface area contributed by atoms with E-state index in [1.165, 1.54) is 18.2 Å². The van der Waals surface area contributed by atoms with Crippen LogP contribution in [0.15, 0.2) is 23.0 Å². The van der Waals surface area contributed by atoms with Crippen LogP contribution < -0.4 is 14.9 Å². The average Bonchev–Trinajstić information content (AvgIpc) is 2.52. The van der Waals surface area contributed by atoms with Crippen LogP contribution in [0.4, 0.5) is 0 Å². The Morgan fingerprint density at radius 3 is 2.45 bits per heavy atom. The molecular formula is C17H22O3. The van der Waals surface area contributed by atoms with Gasteiger partial charge in [0, 0.05) is 5.56 Å². The summed E-state index contributed by atoms with van der Waals surface area (Å²) in [6.45, 7) is 8.13. The fourth-order valence-corrected chi connectivity index (χ4v) is 3.02. The van der Waals surface area contributed by atoms with Crippen molar-refractivity contribution in [1.29, 1.82) is 0 Å². The number of methoxy groups -OCH3 is 2. The molecule has 0 fully saturated rings. The molecule has 2 rings (SSSR count). The summed E-state index contributed by atoms with van der Waals surface area (Å²) in [4.78, 5) is 12.2. The molecule has 0 aliphatic heterocycles. The average molecular weight is 274 g/mol. The van der Waals surface area contributed by atoms with E-state index in [0.717, 1.165) is 30.4 Å². The van der Waals surface area contributed by atoms with E-state index in [1.54, 1.807) is 13.2 Å². The lowest BCUT2D eigenvalue weighted by atomic mass is 9.80. The van der Waals surface area contributed by atoms with E-state index in [1.807, 2.05) is 6.92 Å². The van der Waals surface area contributed by atoms with Crippen LogP contribution in [-0.2, 0) is 12.8 Å². The first kappa shape index (κ1) is 14.6. The molecule has 0 heterocycles. The molecular weight excluding hydrogens is 252 g/mol. The van der Waals surface area contributed by atoms with Gasteiger partial charge in [0.15, 0.2) is 5.75 Å². The molecule has 0 spiro atoms. The van der Waals surface area contributed by atoms with Gasteiger partial charge in [-0.05, 0) is 56.2 Å². The molecule has 0 N–H and O–H groups in total. The van der Waals surface area contributed by atoms with Crippen LogP contribution in [0, 0.1) is 12.8 Å². The van der Waals surface area contributed by atoms with Crippen molar-refractivity contribution in [2.45, 2.75) is 33.1 Å². The normalized spacial score (nSPS) is 17.3. The highest BCUT2D eigenvalue weighted by atomic mass is 16.5. The molecule has 1 aliphatic carbocycles. The second-order valence-corrected chi connectivity index (χ2v) is 5.50. The summed E-state index contributed by atoms with van der Waals surface area (Å²) < 4.78 is 10.7. The van der Waals surface area contributed by atoms with Gasteiger partial charge in [0.05, 0.1) is 14.2 Å². The van der Waals surface area contributed by atoms with E-state index in [-0.39, 0.29) is 5.43 Å².